The van der Waals surface area contributed by atoms with Crippen molar-refractivity contribution in [3.8, 4) is 0 Å². The summed E-state index contributed by atoms with van der Waals surface area (Å²) >= 11 is 0. The summed E-state index contributed by atoms with van der Waals surface area (Å²) in [6, 6.07) is 0. The molecule has 0 saturated heterocycles. The van der Waals surface area contributed by atoms with Crippen molar-refractivity contribution in [2.45, 2.75) is 270 Å². The first kappa shape index (κ1) is 63.2. The Labute approximate surface area is 399 Å². The Balaban J connectivity index is 4.13. The van der Waals surface area contributed by atoms with Gasteiger partial charge in [-0.1, -0.05) is 230 Å². The molecule has 0 saturated carbocycles. The van der Waals surface area contributed by atoms with Gasteiger partial charge in [0, 0.05) is 12.8 Å². The van der Waals surface area contributed by atoms with E-state index in [9.17, 15) is 24.2 Å². The fourth-order valence-corrected chi connectivity index (χ4v) is 8.44. The number of aliphatic hydroxyl groups is 2. The summed E-state index contributed by atoms with van der Waals surface area (Å²) in [6.45, 7) is 2.39. The molecular weight excluding hydrogens is 840 g/mol. The second kappa shape index (κ2) is 50.1. The molecule has 0 rings (SSSR count). The van der Waals surface area contributed by atoms with Crippen molar-refractivity contribution < 1.29 is 47.8 Å². The number of carbonyl (C=O) groups is 2. The van der Waals surface area contributed by atoms with Gasteiger partial charge < -0.3 is 24.6 Å². The molecule has 0 aliphatic heterocycles. The molecule has 0 heterocycles. The lowest BCUT2D eigenvalue weighted by atomic mass is 10.0. The van der Waals surface area contributed by atoms with Crippen LogP contribution < -0.4 is 0 Å². The molecule has 0 aliphatic carbocycles. The quantitative estimate of drug-likeness (QED) is 0.0233. The third-order valence-electron chi connectivity index (χ3n) is 11.8. The molecule has 0 amide bonds. The van der Waals surface area contributed by atoms with Crippen molar-refractivity contribution in [1.82, 2.24) is 0 Å². The van der Waals surface area contributed by atoms with Crippen LogP contribution in [0, 0.1) is 0 Å². The number of ether oxygens (including phenoxy) is 2. The van der Waals surface area contributed by atoms with Crippen molar-refractivity contribution in [2.24, 2.45) is 0 Å². The maximum Gasteiger partial charge on any atom is 0.472 e. The third kappa shape index (κ3) is 49.9. The summed E-state index contributed by atoms with van der Waals surface area (Å²) in [4.78, 5) is 35.2. The second-order valence-electron chi connectivity index (χ2n) is 18.3. The molecule has 3 N–H and O–H groups in total. The van der Waals surface area contributed by atoms with Crippen LogP contribution in [0.15, 0.2) is 36.5 Å². The number of carbonyl (C=O) groups excluding carboxylic acids is 2. The molecule has 0 spiro atoms. The lowest BCUT2D eigenvalue weighted by Gasteiger charge is -2.20. The van der Waals surface area contributed by atoms with Gasteiger partial charge in [0.05, 0.1) is 19.8 Å². The average Bonchev–Trinajstić information content (AvgIpc) is 3.30. The number of hydrogen-bond donors (Lipinski definition) is 3. The smallest absolute Gasteiger partial charge is 0.462 e. The molecule has 0 bridgehead atoms. The number of hydrogen-bond acceptors (Lipinski definition) is 9. The van der Waals surface area contributed by atoms with Crippen LogP contribution in [0.3, 0.4) is 0 Å². The molecule has 0 radical (unpaired) electrons. The summed E-state index contributed by atoms with van der Waals surface area (Å²) in [5.41, 5.74) is 0. The topological polar surface area (TPSA) is 149 Å². The van der Waals surface area contributed by atoms with Crippen molar-refractivity contribution in [3.05, 3.63) is 36.5 Å². The molecule has 0 aromatic heterocycles. The summed E-state index contributed by atoms with van der Waals surface area (Å²) in [6.07, 6.45) is 55.4. The van der Waals surface area contributed by atoms with Crippen LogP contribution in [-0.2, 0) is 32.7 Å². The van der Waals surface area contributed by atoms with Gasteiger partial charge >= 0.3 is 19.8 Å². The lowest BCUT2D eigenvalue weighted by Crippen LogP contribution is -2.29. The standard InChI is InChI=1S/C54H101O10P/c1-3-5-7-9-11-13-15-17-19-21-23-24-25-26-28-29-31-33-35-37-39-41-43-45-53(57)61-49-52(50-63-65(59,60)62-48-51(56)47-55)64-54(58)46-44-42-40-38-36-34-32-30-27-22-20-18-16-14-12-10-8-6-4-2/h12,14,18,20,27,30,51-52,55-56H,3-11,13,15-17,19,21-26,28-29,31-50H2,1-2H3,(H,59,60)/b14-12-,20-18-,30-27-. The third-order valence-corrected chi connectivity index (χ3v) is 12.7. The van der Waals surface area contributed by atoms with Crippen molar-refractivity contribution in [3.63, 3.8) is 0 Å². The summed E-state index contributed by atoms with van der Waals surface area (Å²) < 4.78 is 32.9. The Morgan fingerprint density at radius 2 is 0.800 bits per heavy atom. The number of phosphoric ester groups is 1. The van der Waals surface area contributed by atoms with Crippen molar-refractivity contribution >= 4 is 19.8 Å². The van der Waals surface area contributed by atoms with E-state index in [-0.39, 0.29) is 19.4 Å². The van der Waals surface area contributed by atoms with Crippen molar-refractivity contribution in [2.75, 3.05) is 26.4 Å². The highest BCUT2D eigenvalue weighted by Gasteiger charge is 2.27. The van der Waals surface area contributed by atoms with E-state index < -0.39 is 51.8 Å². The number of rotatable bonds is 51. The normalized spacial score (nSPS) is 13.9. The maximum absolute atomic E-state index is 12.7. The largest absolute Gasteiger partial charge is 0.472 e. The summed E-state index contributed by atoms with van der Waals surface area (Å²) in [5, 5.41) is 18.4. The zero-order valence-corrected chi connectivity index (χ0v) is 42.9. The van der Waals surface area contributed by atoms with Crippen LogP contribution in [-0.4, -0.2) is 65.7 Å². The Morgan fingerprint density at radius 3 is 1.23 bits per heavy atom. The van der Waals surface area contributed by atoms with Crippen LogP contribution in [0.1, 0.15) is 258 Å². The first-order chi connectivity index (χ1) is 31.7. The van der Waals surface area contributed by atoms with Crippen LogP contribution in [0.25, 0.3) is 0 Å². The number of esters is 2. The fourth-order valence-electron chi connectivity index (χ4n) is 7.65. The molecule has 0 aromatic carbocycles. The van der Waals surface area contributed by atoms with E-state index in [1.54, 1.807) is 0 Å². The van der Waals surface area contributed by atoms with Gasteiger partial charge in [-0.15, -0.1) is 0 Å². The second-order valence-corrected chi connectivity index (χ2v) is 19.7. The fraction of sp³-hybridized carbons (Fsp3) is 0.852. The van der Waals surface area contributed by atoms with E-state index in [1.807, 2.05) is 0 Å². The minimum absolute atomic E-state index is 0.171. The first-order valence-corrected chi connectivity index (χ1v) is 28.4. The highest BCUT2D eigenvalue weighted by molar-refractivity contribution is 7.47. The van der Waals surface area contributed by atoms with Gasteiger partial charge in [-0.05, 0) is 51.4 Å². The van der Waals surface area contributed by atoms with E-state index in [2.05, 4.69) is 50.3 Å². The predicted molar refractivity (Wildman–Crippen MR) is 270 cm³/mol. The van der Waals surface area contributed by atoms with Crippen molar-refractivity contribution in [1.29, 1.82) is 0 Å². The molecule has 3 atom stereocenters. The molecule has 10 nitrogen and oxygen atoms in total. The molecule has 0 fully saturated rings. The summed E-state index contributed by atoms with van der Waals surface area (Å²) in [5.74, 6) is -0.927. The van der Waals surface area contributed by atoms with Gasteiger partial charge in [-0.25, -0.2) is 4.57 Å². The van der Waals surface area contributed by atoms with E-state index >= 15 is 0 Å². The Kier molecular flexibility index (Phi) is 48.7. The molecular formula is C54H101O10P. The van der Waals surface area contributed by atoms with Gasteiger partial charge in [-0.3, -0.25) is 18.6 Å². The SMILES string of the molecule is CCCCC/C=C\C/C=C\C/C=C\CCCCCCCCC(=O)OC(COC(=O)CCCCCCCCCCCCCCCCCCCCCCCCC)COP(=O)(O)OCC(O)CO. The number of phosphoric acid groups is 1. The number of allylic oxidation sites excluding steroid dienone is 6. The minimum atomic E-state index is -4.63. The van der Waals surface area contributed by atoms with E-state index in [0.29, 0.717) is 12.8 Å². The predicted octanol–water partition coefficient (Wildman–Crippen LogP) is 15.5. The van der Waals surface area contributed by atoms with Crippen LogP contribution in [0.4, 0.5) is 0 Å². The molecule has 65 heavy (non-hydrogen) atoms. The molecule has 3 unspecified atom stereocenters. The van der Waals surface area contributed by atoms with E-state index in [1.165, 1.54) is 148 Å². The summed E-state index contributed by atoms with van der Waals surface area (Å²) in [7, 11) is -4.63. The Bertz CT molecular complexity index is 1170. The number of aliphatic hydroxyl groups excluding tert-OH is 2. The van der Waals surface area contributed by atoms with E-state index in [0.717, 1.165) is 70.6 Å². The van der Waals surface area contributed by atoms with Gasteiger partial charge in [-0.2, -0.15) is 0 Å². The van der Waals surface area contributed by atoms with Gasteiger partial charge in [0.25, 0.3) is 0 Å². The lowest BCUT2D eigenvalue weighted by molar-refractivity contribution is -0.161. The molecule has 0 aliphatic rings. The van der Waals surface area contributed by atoms with Gasteiger partial charge in [0.15, 0.2) is 6.10 Å². The Hall–Kier alpha value is -1.81. The average molecular weight is 941 g/mol. The molecule has 0 aromatic rings. The zero-order valence-electron chi connectivity index (χ0n) is 42.0. The highest BCUT2D eigenvalue weighted by atomic mass is 31.2. The van der Waals surface area contributed by atoms with Crippen LogP contribution in [0.5, 0.6) is 0 Å². The Morgan fingerprint density at radius 1 is 0.462 bits per heavy atom. The van der Waals surface area contributed by atoms with Crippen LogP contribution in [0.2, 0.25) is 0 Å². The molecule has 11 heteroatoms. The van der Waals surface area contributed by atoms with Crippen LogP contribution >= 0.6 is 7.82 Å². The molecule has 382 valence electrons. The minimum Gasteiger partial charge on any atom is -0.462 e. The van der Waals surface area contributed by atoms with Gasteiger partial charge in [0.2, 0.25) is 0 Å². The van der Waals surface area contributed by atoms with Gasteiger partial charge in [0.1, 0.15) is 12.7 Å². The highest BCUT2D eigenvalue weighted by Crippen LogP contribution is 2.43. The zero-order chi connectivity index (χ0) is 47.6. The van der Waals surface area contributed by atoms with E-state index in [4.69, 9.17) is 23.6 Å². The number of unbranched alkanes of at least 4 members (excludes halogenated alkanes) is 31. The maximum atomic E-state index is 12.7. The monoisotopic (exact) mass is 941 g/mol. The first-order valence-electron chi connectivity index (χ1n) is 26.9.